The highest BCUT2D eigenvalue weighted by Gasteiger charge is 2.39. The number of nitrogens with two attached hydrogens (primary N) is 1. The van der Waals surface area contributed by atoms with Gasteiger partial charge in [0, 0.05) is 22.5 Å². The van der Waals surface area contributed by atoms with Gasteiger partial charge in [0.2, 0.25) is 0 Å². The minimum Gasteiger partial charge on any atom is -0.487 e. The summed E-state index contributed by atoms with van der Waals surface area (Å²) in [6, 6.07) is 6.32. The van der Waals surface area contributed by atoms with Crippen LogP contribution in [0.15, 0.2) is 22.7 Å². The van der Waals surface area contributed by atoms with E-state index in [-0.39, 0.29) is 11.6 Å². The van der Waals surface area contributed by atoms with E-state index >= 15 is 0 Å². The van der Waals surface area contributed by atoms with Crippen LogP contribution >= 0.6 is 15.9 Å². The topological polar surface area (TPSA) is 35.2 Å². The number of hydrogen-bond acceptors (Lipinski definition) is 2. The van der Waals surface area contributed by atoms with Crippen molar-refractivity contribution in [3.63, 3.8) is 0 Å². The fourth-order valence-electron chi connectivity index (χ4n) is 3.37. The van der Waals surface area contributed by atoms with E-state index in [2.05, 4.69) is 28.1 Å². The minimum atomic E-state index is 0.0107. The molecule has 1 unspecified atom stereocenters. The first-order valence-corrected chi connectivity index (χ1v) is 7.72. The van der Waals surface area contributed by atoms with Crippen LogP contribution in [-0.2, 0) is 0 Å². The van der Waals surface area contributed by atoms with E-state index in [1.165, 1.54) is 25.7 Å². The van der Waals surface area contributed by atoms with Crippen molar-refractivity contribution in [2.45, 2.75) is 56.6 Å². The fourth-order valence-corrected chi connectivity index (χ4v) is 3.75. The molecule has 18 heavy (non-hydrogen) atoms. The van der Waals surface area contributed by atoms with E-state index in [1.54, 1.807) is 0 Å². The van der Waals surface area contributed by atoms with Crippen molar-refractivity contribution in [2.75, 3.05) is 0 Å². The van der Waals surface area contributed by atoms with Gasteiger partial charge in [-0.15, -0.1) is 0 Å². The summed E-state index contributed by atoms with van der Waals surface area (Å²) in [6.07, 6.45) is 8.53. The average molecular weight is 310 g/mol. The summed E-state index contributed by atoms with van der Waals surface area (Å²) in [5.74, 6) is 0.999. The standard InChI is InChI=1S/C15H20BrNO/c16-11-5-6-14-12(9-11)13(17)10-15(18-14)7-3-1-2-4-8-15/h5-6,9,13H,1-4,7-8,10,17H2. The molecule has 0 bridgehead atoms. The molecule has 2 nitrogen and oxygen atoms in total. The molecule has 1 aliphatic heterocycles. The first-order valence-electron chi connectivity index (χ1n) is 6.93. The number of rotatable bonds is 0. The number of benzene rings is 1. The van der Waals surface area contributed by atoms with E-state index in [1.807, 2.05) is 6.07 Å². The maximum absolute atomic E-state index is 6.37. The smallest absolute Gasteiger partial charge is 0.124 e. The summed E-state index contributed by atoms with van der Waals surface area (Å²) in [7, 11) is 0. The van der Waals surface area contributed by atoms with E-state index < -0.39 is 0 Å². The van der Waals surface area contributed by atoms with Crippen LogP contribution < -0.4 is 10.5 Å². The Labute approximate surface area is 117 Å². The first kappa shape index (κ1) is 12.5. The molecule has 1 aromatic carbocycles. The predicted molar refractivity (Wildman–Crippen MR) is 76.7 cm³/mol. The molecule has 1 saturated carbocycles. The average Bonchev–Trinajstić information content (AvgIpc) is 2.56. The van der Waals surface area contributed by atoms with Crippen molar-refractivity contribution in [3.8, 4) is 5.75 Å². The van der Waals surface area contributed by atoms with Crippen molar-refractivity contribution in [1.82, 2.24) is 0 Å². The van der Waals surface area contributed by atoms with Crippen LogP contribution in [0.25, 0.3) is 0 Å². The quantitative estimate of drug-likeness (QED) is 0.774. The van der Waals surface area contributed by atoms with Gasteiger partial charge in [-0.1, -0.05) is 28.8 Å². The third-order valence-electron chi connectivity index (χ3n) is 4.30. The van der Waals surface area contributed by atoms with Crippen molar-refractivity contribution < 1.29 is 4.74 Å². The van der Waals surface area contributed by atoms with Crippen molar-refractivity contribution in [3.05, 3.63) is 28.2 Å². The molecule has 0 radical (unpaired) electrons. The number of halogens is 1. The fraction of sp³-hybridized carbons (Fsp3) is 0.600. The molecule has 1 aliphatic carbocycles. The second-order valence-electron chi connectivity index (χ2n) is 5.69. The Morgan fingerprint density at radius 2 is 1.89 bits per heavy atom. The zero-order valence-corrected chi connectivity index (χ0v) is 12.2. The lowest BCUT2D eigenvalue weighted by Gasteiger charge is -2.41. The molecule has 2 aliphatic rings. The molecule has 0 saturated heterocycles. The molecule has 3 heteroatoms. The molecule has 0 aromatic heterocycles. The van der Waals surface area contributed by atoms with Crippen LogP contribution in [0.1, 0.15) is 56.6 Å². The molecular weight excluding hydrogens is 290 g/mol. The number of hydrogen-bond donors (Lipinski definition) is 1. The van der Waals surface area contributed by atoms with Gasteiger partial charge in [-0.2, -0.15) is 0 Å². The van der Waals surface area contributed by atoms with E-state index in [0.717, 1.165) is 35.0 Å². The zero-order valence-electron chi connectivity index (χ0n) is 10.6. The van der Waals surface area contributed by atoms with Gasteiger partial charge >= 0.3 is 0 Å². The second kappa shape index (κ2) is 4.86. The number of ether oxygens (including phenoxy) is 1. The van der Waals surface area contributed by atoms with Crippen LogP contribution in [0.3, 0.4) is 0 Å². The predicted octanol–water partition coefficient (Wildman–Crippen LogP) is 4.32. The monoisotopic (exact) mass is 309 g/mol. The van der Waals surface area contributed by atoms with E-state index in [4.69, 9.17) is 10.5 Å². The summed E-state index contributed by atoms with van der Waals surface area (Å²) >= 11 is 3.51. The molecule has 1 fully saturated rings. The van der Waals surface area contributed by atoms with Gasteiger partial charge in [0.05, 0.1) is 0 Å². The van der Waals surface area contributed by atoms with Gasteiger partial charge in [-0.05, 0) is 43.9 Å². The van der Waals surface area contributed by atoms with Gasteiger partial charge in [-0.3, -0.25) is 0 Å². The third-order valence-corrected chi connectivity index (χ3v) is 4.80. The van der Waals surface area contributed by atoms with Gasteiger partial charge < -0.3 is 10.5 Å². The second-order valence-corrected chi connectivity index (χ2v) is 6.61. The molecule has 1 heterocycles. The Bertz CT molecular complexity index is 438. The van der Waals surface area contributed by atoms with Crippen LogP contribution in [0.2, 0.25) is 0 Å². The van der Waals surface area contributed by atoms with Crippen LogP contribution in [0.5, 0.6) is 5.75 Å². The van der Waals surface area contributed by atoms with Gasteiger partial charge in [0.15, 0.2) is 0 Å². The van der Waals surface area contributed by atoms with Gasteiger partial charge in [0.1, 0.15) is 11.4 Å². The molecular formula is C15H20BrNO. The molecule has 2 N–H and O–H groups in total. The highest BCUT2D eigenvalue weighted by atomic mass is 79.9. The highest BCUT2D eigenvalue weighted by Crippen LogP contribution is 2.45. The Morgan fingerprint density at radius 1 is 1.17 bits per heavy atom. The normalized spacial score (nSPS) is 26.2. The third kappa shape index (κ3) is 2.30. The largest absolute Gasteiger partial charge is 0.487 e. The summed E-state index contributed by atoms with van der Waals surface area (Å²) < 4.78 is 7.45. The SMILES string of the molecule is NC1CC2(CCCCCC2)Oc2ccc(Br)cc21. The number of fused-ring (bicyclic) bond motifs is 1. The molecule has 98 valence electrons. The van der Waals surface area contributed by atoms with Crippen LogP contribution in [-0.4, -0.2) is 5.60 Å². The molecule has 1 spiro atoms. The molecule has 1 atom stereocenters. The van der Waals surface area contributed by atoms with E-state index in [9.17, 15) is 0 Å². The first-order chi connectivity index (χ1) is 8.69. The summed E-state index contributed by atoms with van der Waals surface area (Å²) in [6.45, 7) is 0. The Balaban J connectivity index is 1.92. The molecule has 1 aromatic rings. The van der Waals surface area contributed by atoms with Gasteiger partial charge in [0.25, 0.3) is 0 Å². The van der Waals surface area contributed by atoms with Crippen molar-refractivity contribution in [2.24, 2.45) is 5.73 Å². The summed E-state index contributed by atoms with van der Waals surface area (Å²) in [4.78, 5) is 0. The maximum Gasteiger partial charge on any atom is 0.124 e. The Kier molecular flexibility index (Phi) is 3.37. The van der Waals surface area contributed by atoms with Crippen molar-refractivity contribution in [1.29, 1.82) is 0 Å². The Hall–Kier alpha value is -0.540. The van der Waals surface area contributed by atoms with Gasteiger partial charge in [-0.25, -0.2) is 0 Å². The highest BCUT2D eigenvalue weighted by molar-refractivity contribution is 9.10. The van der Waals surface area contributed by atoms with Crippen molar-refractivity contribution >= 4 is 15.9 Å². The minimum absolute atomic E-state index is 0.0107. The summed E-state index contributed by atoms with van der Waals surface area (Å²) in [5.41, 5.74) is 7.53. The van der Waals surface area contributed by atoms with E-state index in [0.29, 0.717) is 0 Å². The van der Waals surface area contributed by atoms with Crippen LogP contribution in [0, 0.1) is 0 Å². The lowest BCUT2D eigenvalue weighted by atomic mass is 9.82. The lowest BCUT2D eigenvalue weighted by molar-refractivity contribution is 0.0213. The summed E-state index contributed by atoms with van der Waals surface area (Å²) in [5, 5.41) is 0. The Morgan fingerprint density at radius 3 is 2.61 bits per heavy atom. The zero-order chi connectivity index (χ0) is 12.6. The molecule has 0 amide bonds. The lowest BCUT2D eigenvalue weighted by Crippen LogP contribution is -2.42. The van der Waals surface area contributed by atoms with Crippen LogP contribution in [0.4, 0.5) is 0 Å². The maximum atomic E-state index is 6.37. The molecule has 3 rings (SSSR count).